The van der Waals surface area contributed by atoms with Crippen LogP contribution in [0, 0.1) is 13.8 Å². The zero-order valence-corrected chi connectivity index (χ0v) is 20.1. The van der Waals surface area contributed by atoms with Gasteiger partial charge in [-0.15, -0.1) is 0 Å². The Morgan fingerprint density at radius 2 is 1.80 bits per heavy atom. The fraction of sp³-hybridized carbons (Fsp3) is 0.320. The number of halogens is 3. The summed E-state index contributed by atoms with van der Waals surface area (Å²) in [5.74, 6) is -0.957. The van der Waals surface area contributed by atoms with Crippen molar-refractivity contribution in [3.63, 3.8) is 0 Å². The van der Waals surface area contributed by atoms with Crippen molar-refractivity contribution in [2.24, 2.45) is 0 Å². The van der Waals surface area contributed by atoms with Crippen molar-refractivity contribution < 1.29 is 27.5 Å². The number of nitrogens with one attached hydrogen (secondary N) is 1. The molecule has 0 saturated heterocycles. The third kappa shape index (κ3) is 5.71. The minimum Gasteiger partial charge on any atom is -0.497 e. The predicted octanol–water partition coefficient (Wildman–Crippen LogP) is 4.12. The predicted molar refractivity (Wildman–Crippen MR) is 125 cm³/mol. The van der Waals surface area contributed by atoms with E-state index in [4.69, 9.17) is 4.74 Å². The summed E-state index contributed by atoms with van der Waals surface area (Å²) in [7, 11) is 5.27. The molecule has 1 amide bonds. The molecule has 35 heavy (non-hydrogen) atoms. The second kappa shape index (κ2) is 10.3. The van der Waals surface area contributed by atoms with E-state index in [9.17, 15) is 22.8 Å². The summed E-state index contributed by atoms with van der Waals surface area (Å²) in [4.78, 5) is 27.7. The SMILES string of the molecule is COc1cccc([C@@H](CNC(=O)C(=O)c2c(C)nn(-c3cccc(C(F)(F)F)c3)c2C)N(C)C)c1. The Morgan fingerprint density at radius 1 is 1.11 bits per heavy atom. The molecule has 0 bridgehead atoms. The van der Waals surface area contributed by atoms with Crippen molar-refractivity contribution in [2.45, 2.75) is 26.1 Å². The highest BCUT2D eigenvalue weighted by molar-refractivity contribution is 6.43. The molecule has 1 aromatic heterocycles. The Labute approximate surface area is 201 Å². The number of aromatic nitrogens is 2. The molecule has 1 heterocycles. The van der Waals surface area contributed by atoms with Gasteiger partial charge in [-0.1, -0.05) is 18.2 Å². The molecule has 0 aliphatic heterocycles. The Kier molecular flexibility index (Phi) is 7.64. The number of methoxy groups -OCH3 is 1. The summed E-state index contributed by atoms with van der Waals surface area (Å²) in [6.45, 7) is 3.24. The standard InChI is InChI=1S/C25H27F3N4O3/c1-15-22(16(2)32(30-15)19-10-7-9-18(13-19)25(26,27)28)23(33)24(34)29-14-21(31(3)4)17-8-6-11-20(12-17)35-5/h6-13,21H,14H2,1-5H3,(H,29,34)/t21-/m1/s1. The van der Waals surface area contributed by atoms with Crippen LogP contribution >= 0.6 is 0 Å². The lowest BCUT2D eigenvalue weighted by atomic mass is 10.0. The molecule has 0 saturated carbocycles. The van der Waals surface area contributed by atoms with E-state index in [1.807, 2.05) is 43.3 Å². The van der Waals surface area contributed by atoms with Crippen molar-refractivity contribution in [3.05, 3.63) is 76.6 Å². The number of amides is 1. The van der Waals surface area contributed by atoms with E-state index in [2.05, 4.69) is 10.4 Å². The summed E-state index contributed by atoms with van der Waals surface area (Å²) in [5.41, 5.74) is 0.788. The third-order valence-electron chi connectivity index (χ3n) is 5.70. The van der Waals surface area contributed by atoms with E-state index in [1.54, 1.807) is 14.0 Å². The lowest BCUT2D eigenvalue weighted by Gasteiger charge is -2.25. The zero-order valence-electron chi connectivity index (χ0n) is 20.1. The van der Waals surface area contributed by atoms with Crippen LogP contribution in [0.25, 0.3) is 5.69 Å². The topological polar surface area (TPSA) is 76.5 Å². The maximum atomic E-state index is 13.1. The number of benzene rings is 2. The van der Waals surface area contributed by atoms with Crippen molar-refractivity contribution in [1.82, 2.24) is 20.0 Å². The van der Waals surface area contributed by atoms with Crippen molar-refractivity contribution >= 4 is 11.7 Å². The van der Waals surface area contributed by atoms with Gasteiger partial charge in [0.25, 0.3) is 11.7 Å². The summed E-state index contributed by atoms with van der Waals surface area (Å²) >= 11 is 0. The molecule has 10 heteroatoms. The first kappa shape index (κ1) is 26.0. The molecule has 7 nitrogen and oxygen atoms in total. The summed E-state index contributed by atoms with van der Waals surface area (Å²) < 4.78 is 45.9. The number of carbonyl (C=O) groups is 2. The monoisotopic (exact) mass is 488 g/mol. The highest BCUT2D eigenvalue weighted by Gasteiger charge is 2.31. The molecule has 0 spiro atoms. The van der Waals surface area contributed by atoms with E-state index >= 15 is 0 Å². The van der Waals surface area contributed by atoms with Crippen molar-refractivity contribution in [2.75, 3.05) is 27.7 Å². The molecular formula is C25H27F3N4O3. The van der Waals surface area contributed by atoms with Gasteiger partial charge in [0.1, 0.15) is 5.75 Å². The second-order valence-corrected chi connectivity index (χ2v) is 8.30. The average molecular weight is 489 g/mol. The van der Waals surface area contributed by atoms with Crippen LogP contribution in [0.5, 0.6) is 5.75 Å². The molecule has 0 aliphatic rings. The van der Waals surface area contributed by atoms with Gasteiger partial charge in [-0.25, -0.2) is 4.68 Å². The van der Waals surface area contributed by atoms with Gasteiger partial charge in [-0.2, -0.15) is 18.3 Å². The lowest BCUT2D eigenvalue weighted by Crippen LogP contribution is -2.38. The van der Waals surface area contributed by atoms with Gasteiger partial charge >= 0.3 is 6.18 Å². The van der Waals surface area contributed by atoms with Gasteiger partial charge in [0.2, 0.25) is 0 Å². The molecule has 0 radical (unpaired) electrons. The number of carbonyl (C=O) groups excluding carboxylic acids is 2. The number of likely N-dealkylation sites (N-methyl/N-ethyl adjacent to an activating group) is 1. The first-order valence-corrected chi connectivity index (χ1v) is 10.8. The Morgan fingerprint density at radius 3 is 2.43 bits per heavy atom. The van der Waals surface area contributed by atoms with Crippen LogP contribution in [0.4, 0.5) is 13.2 Å². The zero-order chi connectivity index (χ0) is 25.9. The highest BCUT2D eigenvalue weighted by Crippen LogP contribution is 2.31. The van der Waals surface area contributed by atoms with Crippen molar-refractivity contribution in [1.29, 1.82) is 0 Å². The van der Waals surface area contributed by atoms with Gasteiger partial charge < -0.3 is 15.0 Å². The number of rotatable bonds is 8. The molecule has 0 fully saturated rings. The average Bonchev–Trinajstić information content (AvgIpc) is 3.11. The maximum absolute atomic E-state index is 13.1. The molecule has 3 aromatic rings. The fourth-order valence-corrected chi connectivity index (χ4v) is 3.87. The number of hydrogen-bond acceptors (Lipinski definition) is 5. The molecular weight excluding hydrogens is 461 g/mol. The number of ether oxygens (including phenoxy) is 1. The van der Waals surface area contributed by atoms with Crippen molar-refractivity contribution in [3.8, 4) is 11.4 Å². The van der Waals surface area contributed by atoms with Gasteiger partial charge in [0, 0.05) is 6.54 Å². The van der Waals surface area contributed by atoms with Crippen LogP contribution in [-0.2, 0) is 11.0 Å². The molecule has 1 N–H and O–H groups in total. The smallest absolute Gasteiger partial charge is 0.416 e. The minimum absolute atomic E-state index is 0.0581. The van der Waals surface area contributed by atoms with E-state index in [-0.39, 0.29) is 35.2 Å². The van der Waals surface area contributed by atoms with Crippen LogP contribution < -0.4 is 10.1 Å². The molecule has 0 unspecified atom stereocenters. The maximum Gasteiger partial charge on any atom is 0.416 e. The number of ketones is 1. The van der Waals surface area contributed by atoms with Gasteiger partial charge in [-0.05, 0) is 63.8 Å². The molecule has 1 atom stereocenters. The van der Waals surface area contributed by atoms with E-state index < -0.39 is 23.4 Å². The fourth-order valence-electron chi connectivity index (χ4n) is 3.87. The summed E-state index contributed by atoms with van der Waals surface area (Å²) in [5, 5.41) is 6.90. The van der Waals surface area contributed by atoms with E-state index in [1.165, 1.54) is 23.7 Å². The van der Waals surface area contributed by atoms with Gasteiger partial charge in [0.05, 0.1) is 41.4 Å². The van der Waals surface area contributed by atoms with Crippen LogP contribution in [-0.4, -0.2) is 54.1 Å². The molecule has 186 valence electrons. The minimum atomic E-state index is -4.52. The first-order chi connectivity index (χ1) is 16.4. The second-order valence-electron chi connectivity index (χ2n) is 8.30. The summed E-state index contributed by atoms with van der Waals surface area (Å²) in [6, 6.07) is 11.8. The quantitative estimate of drug-likeness (QED) is 0.381. The van der Waals surface area contributed by atoms with Crippen LogP contribution in [0.2, 0.25) is 0 Å². The summed E-state index contributed by atoms with van der Waals surface area (Å²) in [6.07, 6.45) is -4.52. The van der Waals surface area contributed by atoms with Crippen LogP contribution in [0.3, 0.4) is 0 Å². The number of hydrogen-bond donors (Lipinski definition) is 1. The Balaban J connectivity index is 1.82. The molecule has 3 rings (SSSR count). The van der Waals surface area contributed by atoms with E-state index in [0.29, 0.717) is 5.75 Å². The molecule has 0 aliphatic carbocycles. The number of nitrogens with zero attached hydrogens (tertiary/aromatic N) is 3. The van der Waals surface area contributed by atoms with Crippen LogP contribution in [0.1, 0.15) is 38.9 Å². The van der Waals surface area contributed by atoms with Gasteiger partial charge in [-0.3, -0.25) is 9.59 Å². The number of alkyl halides is 3. The third-order valence-corrected chi connectivity index (χ3v) is 5.70. The normalized spacial score (nSPS) is 12.5. The molecule has 2 aromatic carbocycles. The van der Waals surface area contributed by atoms with E-state index in [0.717, 1.165) is 17.7 Å². The lowest BCUT2D eigenvalue weighted by molar-refractivity contribution is -0.137. The van der Waals surface area contributed by atoms with Crippen LogP contribution in [0.15, 0.2) is 48.5 Å². The Hall–Kier alpha value is -3.66. The highest BCUT2D eigenvalue weighted by atomic mass is 19.4. The van der Waals surface area contributed by atoms with Gasteiger partial charge in [0.15, 0.2) is 0 Å². The number of aryl methyl sites for hydroxylation is 1. The number of Topliss-reactive ketones (excluding diaryl/α,β-unsaturated/α-hetero) is 1. The largest absolute Gasteiger partial charge is 0.497 e. The Bertz CT molecular complexity index is 1230. The first-order valence-electron chi connectivity index (χ1n) is 10.8.